The van der Waals surface area contributed by atoms with Crippen molar-refractivity contribution in [1.82, 2.24) is 4.90 Å². The number of carboxylic acids is 1. The average Bonchev–Trinajstić information content (AvgIpc) is 2.27. The van der Waals surface area contributed by atoms with Gasteiger partial charge in [0, 0.05) is 39.8 Å². The van der Waals surface area contributed by atoms with Crippen LogP contribution in [0.3, 0.4) is 0 Å². The summed E-state index contributed by atoms with van der Waals surface area (Å²) in [5.41, 5.74) is 0. The normalized spacial score (nSPS) is 22.2. The molecule has 1 heterocycles. The van der Waals surface area contributed by atoms with Crippen LogP contribution in [-0.2, 0) is 14.3 Å². The molecule has 1 saturated heterocycles. The first-order valence-electron chi connectivity index (χ1n) is 5.77. The van der Waals surface area contributed by atoms with E-state index in [9.17, 15) is 4.79 Å². The molecule has 0 radical (unpaired) electrons. The Hall–Kier alpha value is -0.650. The maximum absolute atomic E-state index is 10.4. The molecule has 0 bridgehead atoms. The van der Waals surface area contributed by atoms with Gasteiger partial charge in [0.15, 0.2) is 0 Å². The van der Waals surface area contributed by atoms with E-state index in [0.29, 0.717) is 13.0 Å². The number of carboxylic acid groups (broad SMARTS) is 1. The van der Waals surface area contributed by atoms with Crippen molar-refractivity contribution >= 4 is 5.97 Å². The summed E-state index contributed by atoms with van der Waals surface area (Å²) in [6.45, 7) is 4.26. The van der Waals surface area contributed by atoms with Crippen molar-refractivity contribution in [3.05, 3.63) is 0 Å². The number of morpholine rings is 1. The fourth-order valence-corrected chi connectivity index (χ4v) is 1.88. The van der Waals surface area contributed by atoms with Crippen molar-refractivity contribution in [1.29, 1.82) is 0 Å². The van der Waals surface area contributed by atoms with E-state index in [0.717, 1.165) is 32.7 Å². The maximum atomic E-state index is 10.4. The van der Waals surface area contributed by atoms with Gasteiger partial charge in [-0.05, 0) is 12.8 Å². The van der Waals surface area contributed by atoms with E-state index in [-0.39, 0.29) is 12.5 Å². The third-order valence-electron chi connectivity index (χ3n) is 2.73. The van der Waals surface area contributed by atoms with Gasteiger partial charge in [-0.3, -0.25) is 9.69 Å². The zero-order valence-electron chi connectivity index (χ0n) is 9.85. The summed E-state index contributed by atoms with van der Waals surface area (Å²) < 4.78 is 10.5. The van der Waals surface area contributed by atoms with E-state index in [1.165, 1.54) is 0 Å². The van der Waals surface area contributed by atoms with Crippen LogP contribution < -0.4 is 0 Å². The molecule has 5 nitrogen and oxygen atoms in total. The molecule has 1 N–H and O–H groups in total. The van der Waals surface area contributed by atoms with Gasteiger partial charge in [0.25, 0.3) is 0 Å². The monoisotopic (exact) mass is 231 g/mol. The molecule has 0 aromatic carbocycles. The minimum atomic E-state index is -0.750. The number of methoxy groups -OCH3 is 1. The molecule has 16 heavy (non-hydrogen) atoms. The summed E-state index contributed by atoms with van der Waals surface area (Å²) in [4.78, 5) is 12.8. The first kappa shape index (κ1) is 13.4. The first-order chi connectivity index (χ1) is 7.72. The molecule has 94 valence electrons. The lowest BCUT2D eigenvalue weighted by Gasteiger charge is -2.32. The zero-order chi connectivity index (χ0) is 11.8. The van der Waals surface area contributed by atoms with Crippen molar-refractivity contribution in [2.24, 2.45) is 0 Å². The van der Waals surface area contributed by atoms with Crippen molar-refractivity contribution in [3.8, 4) is 0 Å². The predicted molar refractivity (Wildman–Crippen MR) is 59.5 cm³/mol. The number of rotatable bonds is 7. The smallest absolute Gasteiger partial charge is 0.303 e. The van der Waals surface area contributed by atoms with Crippen LogP contribution in [0.2, 0.25) is 0 Å². The molecular weight excluding hydrogens is 210 g/mol. The van der Waals surface area contributed by atoms with Gasteiger partial charge in [0.2, 0.25) is 0 Å². The van der Waals surface area contributed by atoms with Gasteiger partial charge in [0.05, 0.1) is 12.7 Å². The molecule has 1 fully saturated rings. The molecule has 0 amide bonds. The van der Waals surface area contributed by atoms with Crippen LogP contribution in [0.5, 0.6) is 0 Å². The van der Waals surface area contributed by atoms with Gasteiger partial charge in [-0.15, -0.1) is 0 Å². The average molecular weight is 231 g/mol. The van der Waals surface area contributed by atoms with Crippen LogP contribution in [0, 0.1) is 0 Å². The zero-order valence-corrected chi connectivity index (χ0v) is 9.85. The van der Waals surface area contributed by atoms with Gasteiger partial charge in [-0.2, -0.15) is 0 Å². The fraction of sp³-hybridized carbons (Fsp3) is 0.909. The summed E-state index contributed by atoms with van der Waals surface area (Å²) in [7, 11) is 1.70. The Morgan fingerprint density at radius 3 is 3.12 bits per heavy atom. The van der Waals surface area contributed by atoms with Crippen LogP contribution in [0.15, 0.2) is 0 Å². The summed E-state index contributed by atoms with van der Waals surface area (Å²) in [6.07, 6.45) is 1.89. The molecule has 0 aromatic heterocycles. The highest BCUT2D eigenvalue weighted by Gasteiger charge is 2.20. The van der Waals surface area contributed by atoms with E-state index < -0.39 is 5.97 Å². The molecule has 1 atom stereocenters. The predicted octanol–water partition coefficient (Wildman–Crippen LogP) is 0.589. The molecule has 1 aliphatic rings. The number of ether oxygens (including phenoxy) is 2. The van der Waals surface area contributed by atoms with E-state index in [4.69, 9.17) is 14.6 Å². The highest BCUT2D eigenvalue weighted by Crippen LogP contribution is 2.10. The number of carbonyl (C=O) groups is 1. The molecule has 0 aliphatic carbocycles. The Bertz CT molecular complexity index is 210. The molecule has 1 aliphatic heterocycles. The summed E-state index contributed by atoms with van der Waals surface area (Å²) in [5, 5.41) is 8.60. The molecule has 1 unspecified atom stereocenters. The van der Waals surface area contributed by atoms with Gasteiger partial charge >= 0.3 is 5.97 Å². The SMILES string of the molecule is COCCCN1CCOC(CCC(=O)O)C1. The second-order valence-electron chi connectivity index (χ2n) is 4.07. The van der Waals surface area contributed by atoms with Gasteiger partial charge in [-0.25, -0.2) is 0 Å². The van der Waals surface area contributed by atoms with Crippen molar-refractivity contribution < 1.29 is 19.4 Å². The van der Waals surface area contributed by atoms with Gasteiger partial charge in [-0.1, -0.05) is 0 Å². The maximum Gasteiger partial charge on any atom is 0.303 e. The Labute approximate surface area is 96.3 Å². The van der Waals surface area contributed by atoms with Crippen LogP contribution in [-0.4, -0.2) is 62.0 Å². The number of hydrogen-bond acceptors (Lipinski definition) is 4. The van der Waals surface area contributed by atoms with Gasteiger partial charge in [0.1, 0.15) is 0 Å². The molecule has 1 rings (SSSR count). The van der Waals surface area contributed by atoms with Crippen LogP contribution in [0.4, 0.5) is 0 Å². The van der Waals surface area contributed by atoms with Crippen molar-refractivity contribution in [2.45, 2.75) is 25.4 Å². The largest absolute Gasteiger partial charge is 0.481 e. The lowest BCUT2D eigenvalue weighted by Crippen LogP contribution is -2.43. The summed E-state index contributed by atoms with van der Waals surface area (Å²) >= 11 is 0. The molecule has 0 aromatic rings. The molecule has 0 spiro atoms. The lowest BCUT2D eigenvalue weighted by molar-refractivity contribution is -0.138. The van der Waals surface area contributed by atoms with Gasteiger partial charge < -0.3 is 14.6 Å². The minimum Gasteiger partial charge on any atom is -0.481 e. The molecule has 0 saturated carbocycles. The number of nitrogens with zero attached hydrogens (tertiary/aromatic N) is 1. The first-order valence-corrected chi connectivity index (χ1v) is 5.77. The second kappa shape index (κ2) is 7.60. The van der Waals surface area contributed by atoms with Crippen molar-refractivity contribution in [3.63, 3.8) is 0 Å². The summed E-state index contributed by atoms with van der Waals surface area (Å²) in [5.74, 6) is -0.750. The lowest BCUT2D eigenvalue weighted by atomic mass is 10.1. The van der Waals surface area contributed by atoms with Crippen molar-refractivity contribution in [2.75, 3.05) is 40.0 Å². The quantitative estimate of drug-likeness (QED) is 0.650. The number of hydrogen-bond donors (Lipinski definition) is 1. The van der Waals surface area contributed by atoms with E-state index in [2.05, 4.69) is 4.90 Å². The standard InChI is InChI=1S/C11H21NO4/c1-15-7-2-5-12-6-8-16-10(9-12)3-4-11(13)14/h10H,2-9H2,1H3,(H,13,14). The van der Waals surface area contributed by atoms with E-state index in [1.807, 2.05) is 0 Å². The Balaban J connectivity index is 2.16. The topological polar surface area (TPSA) is 59.0 Å². The van der Waals surface area contributed by atoms with Crippen LogP contribution >= 0.6 is 0 Å². The van der Waals surface area contributed by atoms with Crippen LogP contribution in [0.25, 0.3) is 0 Å². The summed E-state index contributed by atoms with van der Waals surface area (Å²) in [6, 6.07) is 0. The van der Waals surface area contributed by atoms with E-state index in [1.54, 1.807) is 7.11 Å². The highest BCUT2D eigenvalue weighted by atomic mass is 16.5. The second-order valence-corrected chi connectivity index (χ2v) is 4.07. The minimum absolute atomic E-state index is 0.0763. The van der Waals surface area contributed by atoms with Crippen LogP contribution in [0.1, 0.15) is 19.3 Å². The Morgan fingerprint density at radius 1 is 1.62 bits per heavy atom. The highest BCUT2D eigenvalue weighted by molar-refractivity contribution is 5.66. The third kappa shape index (κ3) is 5.44. The number of aliphatic carboxylic acids is 1. The molecule has 5 heteroatoms. The Morgan fingerprint density at radius 2 is 2.44 bits per heavy atom. The fourth-order valence-electron chi connectivity index (χ4n) is 1.88. The Kier molecular flexibility index (Phi) is 6.37. The molecular formula is C11H21NO4. The third-order valence-corrected chi connectivity index (χ3v) is 2.73. The van der Waals surface area contributed by atoms with E-state index >= 15 is 0 Å².